The minimum absolute atomic E-state index is 0.0551. The zero-order valence-corrected chi connectivity index (χ0v) is 13.4. The lowest BCUT2D eigenvalue weighted by molar-refractivity contribution is -0.137. The van der Waals surface area contributed by atoms with Crippen LogP contribution in [0, 0.1) is 5.82 Å². The van der Waals surface area contributed by atoms with Crippen molar-refractivity contribution in [2.45, 2.75) is 32.2 Å². The van der Waals surface area contributed by atoms with E-state index in [4.69, 9.17) is 5.11 Å². The standard InChI is InChI=1S/C16H19FN4O3/c1-16(2,7-6-14(22)23)20-15(24)19-11-4-5-13(12(17)10-11)21-9-3-8-18-21/h3-5,8-10H,6-7H2,1-2H3,(H,22,23)(H2,19,20,24). The fourth-order valence-electron chi connectivity index (χ4n) is 2.13. The molecule has 0 radical (unpaired) electrons. The fourth-order valence-corrected chi connectivity index (χ4v) is 2.13. The number of hydrogen-bond donors (Lipinski definition) is 3. The van der Waals surface area contributed by atoms with E-state index in [1.807, 2.05) is 0 Å². The van der Waals surface area contributed by atoms with Crippen LogP contribution in [0.4, 0.5) is 14.9 Å². The second-order valence-corrected chi connectivity index (χ2v) is 5.97. The van der Waals surface area contributed by atoms with Crippen molar-refractivity contribution in [1.82, 2.24) is 15.1 Å². The van der Waals surface area contributed by atoms with Gasteiger partial charge in [0.25, 0.3) is 0 Å². The van der Waals surface area contributed by atoms with Crippen molar-refractivity contribution < 1.29 is 19.1 Å². The van der Waals surface area contributed by atoms with E-state index in [-0.39, 0.29) is 24.2 Å². The predicted molar refractivity (Wildman–Crippen MR) is 86.6 cm³/mol. The number of aromatic nitrogens is 2. The van der Waals surface area contributed by atoms with Gasteiger partial charge in [0, 0.05) is 30.0 Å². The van der Waals surface area contributed by atoms with Crippen LogP contribution in [0.5, 0.6) is 0 Å². The first kappa shape index (κ1) is 17.5. The van der Waals surface area contributed by atoms with E-state index in [1.54, 1.807) is 32.2 Å². The molecule has 0 saturated carbocycles. The number of carboxylic acids is 1. The summed E-state index contributed by atoms with van der Waals surface area (Å²) in [6.07, 6.45) is 3.38. The minimum Gasteiger partial charge on any atom is -0.481 e. The second-order valence-electron chi connectivity index (χ2n) is 5.97. The smallest absolute Gasteiger partial charge is 0.319 e. The number of anilines is 1. The quantitative estimate of drug-likeness (QED) is 0.757. The summed E-state index contributed by atoms with van der Waals surface area (Å²) in [5.41, 5.74) is -0.140. The number of benzene rings is 1. The van der Waals surface area contributed by atoms with Gasteiger partial charge in [-0.05, 0) is 44.5 Å². The van der Waals surface area contributed by atoms with Gasteiger partial charge >= 0.3 is 12.0 Å². The average Bonchev–Trinajstić information content (AvgIpc) is 2.98. The molecule has 0 aliphatic rings. The molecule has 1 aromatic heterocycles. The molecule has 8 heteroatoms. The summed E-state index contributed by atoms with van der Waals surface area (Å²) in [5.74, 6) is -1.46. The zero-order valence-electron chi connectivity index (χ0n) is 13.4. The van der Waals surface area contributed by atoms with E-state index in [0.717, 1.165) is 0 Å². The highest BCUT2D eigenvalue weighted by Crippen LogP contribution is 2.18. The molecule has 0 fully saturated rings. The van der Waals surface area contributed by atoms with Crippen LogP contribution in [-0.2, 0) is 4.79 Å². The number of rotatable bonds is 6. The van der Waals surface area contributed by atoms with Crippen molar-refractivity contribution in [2.75, 3.05) is 5.32 Å². The van der Waals surface area contributed by atoms with Crippen molar-refractivity contribution in [1.29, 1.82) is 0 Å². The Balaban J connectivity index is 1.99. The molecule has 0 atom stereocenters. The Bertz CT molecular complexity index is 729. The number of amides is 2. The van der Waals surface area contributed by atoms with Crippen LogP contribution in [0.15, 0.2) is 36.7 Å². The van der Waals surface area contributed by atoms with Gasteiger partial charge in [-0.1, -0.05) is 0 Å². The van der Waals surface area contributed by atoms with Crippen LogP contribution in [0.3, 0.4) is 0 Å². The summed E-state index contributed by atoms with van der Waals surface area (Å²) < 4.78 is 15.5. The summed E-state index contributed by atoms with van der Waals surface area (Å²) >= 11 is 0. The number of hydrogen-bond acceptors (Lipinski definition) is 3. The van der Waals surface area contributed by atoms with Gasteiger partial charge in [-0.2, -0.15) is 5.10 Å². The summed E-state index contributed by atoms with van der Waals surface area (Å²) in [4.78, 5) is 22.6. The van der Waals surface area contributed by atoms with E-state index < -0.39 is 23.4 Å². The van der Waals surface area contributed by atoms with Crippen LogP contribution < -0.4 is 10.6 Å². The van der Waals surface area contributed by atoms with Gasteiger partial charge in [-0.3, -0.25) is 4.79 Å². The molecule has 24 heavy (non-hydrogen) atoms. The van der Waals surface area contributed by atoms with Gasteiger partial charge in [0.1, 0.15) is 5.69 Å². The Morgan fingerprint density at radius 1 is 1.38 bits per heavy atom. The molecule has 0 unspecified atom stereocenters. The van der Waals surface area contributed by atoms with Gasteiger partial charge in [0.05, 0.1) is 0 Å². The van der Waals surface area contributed by atoms with E-state index in [2.05, 4.69) is 15.7 Å². The Morgan fingerprint density at radius 3 is 2.71 bits per heavy atom. The van der Waals surface area contributed by atoms with Crippen molar-refractivity contribution in [3.63, 3.8) is 0 Å². The van der Waals surface area contributed by atoms with Gasteiger partial charge < -0.3 is 15.7 Å². The molecule has 1 heterocycles. The Hall–Kier alpha value is -2.90. The van der Waals surface area contributed by atoms with Gasteiger partial charge in [0.2, 0.25) is 0 Å². The molecule has 0 aliphatic heterocycles. The Labute approximate surface area is 138 Å². The molecular weight excluding hydrogens is 315 g/mol. The summed E-state index contributed by atoms with van der Waals surface area (Å²) in [6, 6.07) is 5.41. The van der Waals surface area contributed by atoms with Gasteiger partial charge in [-0.25, -0.2) is 13.9 Å². The lowest BCUT2D eigenvalue weighted by atomic mass is 9.99. The summed E-state index contributed by atoms with van der Waals surface area (Å²) in [7, 11) is 0. The molecule has 2 amide bonds. The fraction of sp³-hybridized carbons (Fsp3) is 0.312. The maximum Gasteiger partial charge on any atom is 0.319 e. The van der Waals surface area contributed by atoms with Gasteiger partial charge in [-0.15, -0.1) is 0 Å². The molecule has 2 aromatic rings. The van der Waals surface area contributed by atoms with Crippen molar-refractivity contribution >= 4 is 17.7 Å². The maximum absolute atomic E-state index is 14.1. The predicted octanol–water partition coefficient (Wildman–Crippen LogP) is 2.78. The highest BCUT2D eigenvalue weighted by Gasteiger charge is 2.21. The molecule has 2 rings (SSSR count). The first-order valence-corrected chi connectivity index (χ1v) is 7.37. The lowest BCUT2D eigenvalue weighted by Gasteiger charge is -2.25. The third-order valence-electron chi connectivity index (χ3n) is 3.37. The third-order valence-corrected chi connectivity index (χ3v) is 3.37. The number of carboxylic acid groups (broad SMARTS) is 1. The number of carbonyl (C=O) groups is 2. The molecular formula is C16H19FN4O3. The zero-order chi connectivity index (χ0) is 17.7. The van der Waals surface area contributed by atoms with Crippen LogP contribution in [0.1, 0.15) is 26.7 Å². The van der Waals surface area contributed by atoms with E-state index >= 15 is 0 Å². The maximum atomic E-state index is 14.1. The largest absolute Gasteiger partial charge is 0.481 e. The first-order chi connectivity index (χ1) is 11.3. The van der Waals surface area contributed by atoms with Crippen LogP contribution in [-0.4, -0.2) is 32.4 Å². The SMILES string of the molecule is CC(C)(CCC(=O)O)NC(=O)Nc1ccc(-n2cccn2)c(F)c1. The minimum atomic E-state index is -0.929. The van der Waals surface area contributed by atoms with Crippen molar-refractivity contribution in [3.05, 3.63) is 42.5 Å². The summed E-state index contributed by atoms with van der Waals surface area (Å²) in [6.45, 7) is 3.44. The van der Waals surface area contributed by atoms with Crippen LogP contribution in [0.25, 0.3) is 5.69 Å². The van der Waals surface area contributed by atoms with E-state index in [1.165, 1.54) is 23.0 Å². The highest BCUT2D eigenvalue weighted by atomic mass is 19.1. The molecule has 0 bridgehead atoms. The van der Waals surface area contributed by atoms with Crippen molar-refractivity contribution in [3.8, 4) is 5.69 Å². The molecule has 1 aromatic carbocycles. The molecule has 0 aliphatic carbocycles. The van der Waals surface area contributed by atoms with Crippen LogP contribution in [0.2, 0.25) is 0 Å². The molecule has 0 spiro atoms. The Kier molecular flexibility index (Phi) is 5.18. The Morgan fingerprint density at radius 2 is 2.12 bits per heavy atom. The normalized spacial score (nSPS) is 11.1. The third kappa shape index (κ3) is 4.80. The monoisotopic (exact) mass is 334 g/mol. The first-order valence-electron chi connectivity index (χ1n) is 7.37. The second kappa shape index (κ2) is 7.12. The molecule has 7 nitrogen and oxygen atoms in total. The van der Waals surface area contributed by atoms with Crippen molar-refractivity contribution in [2.24, 2.45) is 0 Å². The molecule has 128 valence electrons. The van der Waals surface area contributed by atoms with Gasteiger partial charge in [0.15, 0.2) is 5.82 Å². The lowest BCUT2D eigenvalue weighted by Crippen LogP contribution is -2.45. The molecule has 0 saturated heterocycles. The average molecular weight is 334 g/mol. The van der Waals surface area contributed by atoms with E-state index in [9.17, 15) is 14.0 Å². The number of nitrogens with one attached hydrogen (secondary N) is 2. The number of aliphatic carboxylic acids is 1. The number of carbonyl (C=O) groups excluding carboxylic acids is 1. The topological polar surface area (TPSA) is 96.3 Å². The van der Waals surface area contributed by atoms with E-state index in [0.29, 0.717) is 0 Å². The number of halogens is 1. The van der Waals surface area contributed by atoms with Crippen LogP contribution >= 0.6 is 0 Å². The highest BCUT2D eigenvalue weighted by molar-refractivity contribution is 5.89. The summed E-state index contributed by atoms with van der Waals surface area (Å²) in [5, 5.41) is 17.9. The molecule has 3 N–H and O–H groups in total. The number of nitrogens with zero attached hydrogens (tertiary/aromatic N) is 2. The number of urea groups is 1.